The molecule has 0 saturated carbocycles. The van der Waals surface area contributed by atoms with Crippen LogP contribution < -0.4 is 11.1 Å². The molecule has 0 aromatic carbocycles. The number of nitrogens with two attached hydrogens (primary N) is 1. The second-order valence-electron chi connectivity index (χ2n) is 4.01. The monoisotopic (exact) mass is 226 g/mol. The van der Waals surface area contributed by atoms with Crippen LogP contribution in [0.2, 0.25) is 0 Å². The van der Waals surface area contributed by atoms with Gasteiger partial charge < -0.3 is 11.1 Å². The zero-order valence-electron chi connectivity index (χ0n) is 9.19. The third kappa shape index (κ3) is 4.01. The van der Waals surface area contributed by atoms with Gasteiger partial charge in [-0.3, -0.25) is 4.79 Å². The first-order chi connectivity index (χ1) is 7.13. The number of hydrogen-bond acceptors (Lipinski definition) is 3. The molecule has 1 aromatic heterocycles. The zero-order valence-corrected chi connectivity index (χ0v) is 10.0. The summed E-state index contributed by atoms with van der Waals surface area (Å²) in [6.07, 6.45) is 0.924. The molecule has 1 aromatic rings. The normalized spacial score (nSPS) is 12.8. The minimum Gasteiger partial charge on any atom is -0.347 e. The second-order valence-corrected chi connectivity index (χ2v) is 4.96. The molecule has 3 nitrogen and oxygen atoms in total. The zero-order chi connectivity index (χ0) is 11.3. The van der Waals surface area contributed by atoms with E-state index in [4.69, 9.17) is 5.73 Å². The maximum absolute atomic E-state index is 11.7. The van der Waals surface area contributed by atoms with Gasteiger partial charge in [-0.2, -0.15) is 0 Å². The van der Waals surface area contributed by atoms with Crippen molar-refractivity contribution >= 4 is 17.2 Å². The van der Waals surface area contributed by atoms with Crippen LogP contribution in [0.15, 0.2) is 17.5 Å². The van der Waals surface area contributed by atoms with Gasteiger partial charge in [0.2, 0.25) is 0 Å². The molecule has 84 valence electrons. The van der Waals surface area contributed by atoms with Crippen LogP contribution in [-0.4, -0.2) is 18.5 Å². The topological polar surface area (TPSA) is 55.1 Å². The van der Waals surface area contributed by atoms with Crippen LogP contribution >= 0.6 is 11.3 Å². The van der Waals surface area contributed by atoms with Crippen LogP contribution in [0.5, 0.6) is 0 Å². The van der Waals surface area contributed by atoms with Gasteiger partial charge >= 0.3 is 0 Å². The van der Waals surface area contributed by atoms with Crippen LogP contribution in [0.1, 0.15) is 29.9 Å². The number of carbonyl (C=O) groups excluding carboxylic acids is 1. The van der Waals surface area contributed by atoms with Crippen LogP contribution in [0.3, 0.4) is 0 Å². The maximum atomic E-state index is 11.7. The Morgan fingerprint density at radius 2 is 2.33 bits per heavy atom. The maximum Gasteiger partial charge on any atom is 0.261 e. The van der Waals surface area contributed by atoms with Crippen molar-refractivity contribution in [2.75, 3.05) is 6.54 Å². The Morgan fingerprint density at radius 3 is 2.80 bits per heavy atom. The molecule has 0 aliphatic heterocycles. The minimum atomic E-state index is -0.0129. The fourth-order valence-corrected chi connectivity index (χ4v) is 2.07. The minimum absolute atomic E-state index is 0.0129. The molecule has 15 heavy (non-hydrogen) atoms. The first-order valence-corrected chi connectivity index (χ1v) is 6.06. The predicted octanol–water partition coefficient (Wildman–Crippen LogP) is 1.85. The van der Waals surface area contributed by atoms with Crippen LogP contribution in [-0.2, 0) is 0 Å². The molecule has 1 unspecified atom stereocenters. The Balaban J connectivity index is 2.48. The van der Waals surface area contributed by atoms with Gasteiger partial charge in [-0.05, 0) is 23.8 Å². The molecule has 1 amide bonds. The van der Waals surface area contributed by atoms with E-state index in [-0.39, 0.29) is 11.9 Å². The van der Waals surface area contributed by atoms with Gasteiger partial charge in [0, 0.05) is 12.6 Å². The highest BCUT2D eigenvalue weighted by molar-refractivity contribution is 7.12. The lowest BCUT2D eigenvalue weighted by Crippen LogP contribution is -2.40. The van der Waals surface area contributed by atoms with Gasteiger partial charge in [0.1, 0.15) is 0 Å². The lowest BCUT2D eigenvalue weighted by molar-refractivity contribution is 0.0938. The van der Waals surface area contributed by atoms with E-state index in [9.17, 15) is 4.79 Å². The van der Waals surface area contributed by atoms with Gasteiger partial charge in [0.05, 0.1) is 4.88 Å². The molecule has 3 N–H and O–H groups in total. The van der Waals surface area contributed by atoms with Crippen LogP contribution in [0.4, 0.5) is 0 Å². The Hall–Kier alpha value is -0.870. The first kappa shape index (κ1) is 12.2. The largest absolute Gasteiger partial charge is 0.347 e. The molecule has 4 heteroatoms. The van der Waals surface area contributed by atoms with E-state index in [0.29, 0.717) is 12.5 Å². The molecule has 0 aliphatic rings. The highest BCUT2D eigenvalue weighted by Crippen LogP contribution is 2.10. The standard InChI is InChI=1S/C11H18N2OS/c1-8(2)6-9(7-12)13-11(14)10-4-3-5-15-10/h3-5,8-9H,6-7,12H2,1-2H3,(H,13,14). The van der Waals surface area contributed by atoms with E-state index >= 15 is 0 Å². The number of carbonyl (C=O) groups is 1. The Morgan fingerprint density at radius 1 is 1.60 bits per heavy atom. The number of amides is 1. The van der Waals surface area contributed by atoms with Crippen LogP contribution in [0.25, 0.3) is 0 Å². The molecular formula is C11H18N2OS. The Labute approximate surface area is 94.7 Å². The van der Waals surface area contributed by atoms with Crippen molar-refractivity contribution < 1.29 is 4.79 Å². The molecule has 0 saturated heterocycles. The molecule has 0 radical (unpaired) electrons. The van der Waals surface area contributed by atoms with Crippen LogP contribution in [0, 0.1) is 5.92 Å². The predicted molar refractivity (Wildman–Crippen MR) is 64.1 cm³/mol. The fourth-order valence-electron chi connectivity index (χ4n) is 1.45. The van der Waals surface area contributed by atoms with Gasteiger partial charge in [-0.25, -0.2) is 0 Å². The van der Waals surface area contributed by atoms with Crippen molar-refractivity contribution in [2.45, 2.75) is 26.3 Å². The highest BCUT2D eigenvalue weighted by atomic mass is 32.1. The summed E-state index contributed by atoms with van der Waals surface area (Å²) in [5.41, 5.74) is 5.61. The summed E-state index contributed by atoms with van der Waals surface area (Å²) in [5, 5.41) is 4.84. The van der Waals surface area contributed by atoms with E-state index in [2.05, 4.69) is 19.2 Å². The average molecular weight is 226 g/mol. The summed E-state index contributed by atoms with van der Waals surface area (Å²) in [6.45, 7) is 4.75. The molecular weight excluding hydrogens is 208 g/mol. The Bertz CT molecular complexity index is 296. The first-order valence-electron chi connectivity index (χ1n) is 5.18. The quantitative estimate of drug-likeness (QED) is 0.805. The molecule has 0 spiro atoms. The lowest BCUT2D eigenvalue weighted by Gasteiger charge is -2.18. The van der Waals surface area contributed by atoms with Crippen molar-refractivity contribution in [2.24, 2.45) is 11.7 Å². The number of nitrogens with one attached hydrogen (secondary N) is 1. The molecule has 1 heterocycles. The highest BCUT2D eigenvalue weighted by Gasteiger charge is 2.13. The van der Waals surface area contributed by atoms with E-state index in [1.165, 1.54) is 11.3 Å². The third-order valence-corrected chi connectivity index (χ3v) is 2.99. The summed E-state index contributed by atoms with van der Waals surface area (Å²) in [7, 11) is 0. The molecule has 1 atom stereocenters. The van der Waals surface area contributed by atoms with Crippen molar-refractivity contribution in [3.8, 4) is 0 Å². The molecule has 0 bridgehead atoms. The number of hydrogen-bond donors (Lipinski definition) is 2. The Kier molecular flexibility index (Phi) is 4.78. The van der Waals surface area contributed by atoms with Crippen molar-refractivity contribution in [1.29, 1.82) is 0 Å². The van der Waals surface area contributed by atoms with E-state index in [1.807, 2.05) is 17.5 Å². The summed E-state index contributed by atoms with van der Waals surface area (Å²) >= 11 is 1.45. The molecule has 1 rings (SSSR count). The van der Waals surface area contributed by atoms with Gasteiger partial charge in [-0.15, -0.1) is 11.3 Å². The summed E-state index contributed by atoms with van der Waals surface area (Å²) in [5.74, 6) is 0.531. The van der Waals surface area contributed by atoms with Crippen molar-refractivity contribution in [3.63, 3.8) is 0 Å². The average Bonchev–Trinajstić information content (AvgIpc) is 2.68. The third-order valence-electron chi connectivity index (χ3n) is 2.12. The summed E-state index contributed by atoms with van der Waals surface area (Å²) in [6, 6.07) is 3.78. The van der Waals surface area contributed by atoms with Gasteiger partial charge in [0.25, 0.3) is 5.91 Å². The van der Waals surface area contributed by atoms with Crippen molar-refractivity contribution in [3.05, 3.63) is 22.4 Å². The lowest BCUT2D eigenvalue weighted by atomic mass is 10.0. The fraction of sp³-hybridized carbons (Fsp3) is 0.545. The number of rotatable bonds is 5. The van der Waals surface area contributed by atoms with Gasteiger partial charge in [-0.1, -0.05) is 19.9 Å². The van der Waals surface area contributed by atoms with Crippen molar-refractivity contribution in [1.82, 2.24) is 5.32 Å². The summed E-state index contributed by atoms with van der Waals surface area (Å²) in [4.78, 5) is 12.4. The van der Waals surface area contributed by atoms with Gasteiger partial charge in [0.15, 0.2) is 0 Å². The smallest absolute Gasteiger partial charge is 0.261 e. The van der Waals surface area contributed by atoms with E-state index in [1.54, 1.807) is 0 Å². The second kappa shape index (κ2) is 5.88. The molecule has 0 fully saturated rings. The SMILES string of the molecule is CC(C)CC(CN)NC(=O)c1cccs1. The van der Waals surface area contributed by atoms with E-state index < -0.39 is 0 Å². The van der Waals surface area contributed by atoms with E-state index in [0.717, 1.165) is 11.3 Å². The summed E-state index contributed by atoms with van der Waals surface area (Å²) < 4.78 is 0. The molecule has 0 aliphatic carbocycles. The number of thiophene rings is 1.